The smallest absolute Gasteiger partial charge is 0.312 e. The van der Waals surface area contributed by atoms with Crippen LogP contribution in [0.15, 0.2) is 41.3 Å². The Hall–Kier alpha value is -2.34. The summed E-state index contributed by atoms with van der Waals surface area (Å²) in [5.74, 6) is 0.345. The van der Waals surface area contributed by atoms with Gasteiger partial charge in [-0.3, -0.25) is 9.52 Å². The number of anilines is 2. The molecule has 0 fully saturated rings. The second-order valence-electron chi connectivity index (χ2n) is 6.43. The molecule has 32 heavy (non-hydrogen) atoms. The molecule has 0 aliphatic rings. The van der Waals surface area contributed by atoms with Gasteiger partial charge in [-0.25, -0.2) is 13.2 Å². The highest BCUT2D eigenvalue weighted by atomic mass is 35.5. The third-order valence-electron chi connectivity index (χ3n) is 4.16. The number of primary amides is 1. The highest BCUT2D eigenvalue weighted by Gasteiger charge is 2.21. The number of rotatable bonds is 10. The van der Waals surface area contributed by atoms with Gasteiger partial charge in [0.15, 0.2) is 0 Å². The van der Waals surface area contributed by atoms with Crippen LogP contribution in [-0.2, 0) is 14.8 Å². The van der Waals surface area contributed by atoms with E-state index in [1.54, 1.807) is 0 Å². The molecule has 2 rings (SSSR count). The summed E-state index contributed by atoms with van der Waals surface area (Å²) in [5.41, 5.74) is 5.52. The molecule has 0 aliphatic heterocycles. The average molecular weight is 521 g/mol. The fourth-order valence-electron chi connectivity index (χ4n) is 2.62. The summed E-state index contributed by atoms with van der Waals surface area (Å²) in [4.78, 5) is 23.7. The second kappa shape index (κ2) is 11.5. The van der Waals surface area contributed by atoms with Gasteiger partial charge in [0, 0.05) is 5.69 Å². The number of nitrogens with two attached hydrogens (primary N) is 1. The third-order valence-corrected chi connectivity index (χ3v) is 6.90. The monoisotopic (exact) mass is 520 g/mol. The van der Waals surface area contributed by atoms with E-state index >= 15 is 0 Å². The van der Waals surface area contributed by atoms with E-state index in [4.69, 9.17) is 33.7 Å². The number of amides is 3. The van der Waals surface area contributed by atoms with Crippen LogP contribution in [0.25, 0.3) is 0 Å². The Balaban J connectivity index is 2.28. The molecule has 3 amide bonds. The number of nitrogens with one attached hydrogen (secondary N) is 3. The van der Waals surface area contributed by atoms with Crippen molar-refractivity contribution in [2.45, 2.75) is 17.4 Å². The Morgan fingerprint density at radius 2 is 1.88 bits per heavy atom. The van der Waals surface area contributed by atoms with Crippen LogP contribution in [0.2, 0.25) is 10.0 Å². The number of thioether (sulfide) groups is 1. The molecule has 13 heteroatoms. The summed E-state index contributed by atoms with van der Waals surface area (Å²) in [5, 5.41) is 5.34. The van der Waals surface area contributed by atoms with E-state index in [2.05, 4.69) is 15.4 Å². The summed E-state index contributed by atoms with van der Waals surface area (Å²) in [7, 11) is -2.66. The summed E-state index contributed by atoms with van der Waals surface area (Å²) in [6.45, 7) is 0. The molecule has 9 nitrogen and oxygen atoms in total. The minimum atomic E-state index is -4.04. The Bertz CT molecular complexity index is 1100. The van der Waals surface area contributed by atoms with E-state index in [0.29, 0.717) is 12.2 Å². The van der Waals surface area contributed by atoms with Crippen LogP contribution in [0, 0.1) is 0 Å². The molecule has 0 bridgehead atoms. The van der Waals surface area contributed by atoms with Crippen LogP contribution >= 0.6 is 35.0 Å². The molecule has 0 aliphatic carbocycles. The van der Waals surface area contributed by atoms with E-state index in [9.17, 15) is 18.0 Å². The fraction of sp³-hybridized carbons (Fsp3) is 0.263. The number of hydrogen-bond acceptors (Lipinski definition) is 6. The van der Waals surface area contributed by atoms with Crippen molar-refractivity contribution in [3.8, 4) is 5.75 Å². The minimum Gasteiger partial charge on any atom is -0.495 e. The van der Waals surface area contributed by atoms with Crippen LogP contribution in [0.4, 0.5) is 16.2 Å². The zero-order valence-electron chi connectivity index (χ0n) is 17.1. The summed E-state index contributed by atoms with van der Waals surface area (Å²) in [6, 6.07) is 6.63. The topological polar surface area (TPSA) is 140 Å². The predicted molar refractivity (Wildman–Crippen MR) is 128 cm³/mol. The molecule has 0 heterocycles. The Morgan fingerprint density at radius 3 is 2.47 bits per heavy atom. The molecule has 0 saturated carbocycles. The highest BCUT2D eigenvalue weighted by Crippen LogP contribution is 2.31. The summed E-state index contributed by atoms with van der Waals surface area (Å²) >= 11 is 13.3. The number of carbonyl (C=O) groups is 2. The van der Waals surface area contributed by atoms with Crippen molar-refractivity contribution in [3.63, 3.8) is 0 Å². The van der Waals surface area contributed by atoms with Gasteiger partial charge in [-0.2, -0.15) is 11.8 Å². The molecule has 174 valence electrons. The predicted octanol–water partition coefficient (Wildman–Crippen LogP) is 3.53. The summed E-state index contributed by atoms with van der Waals surface area (Å²) < 4.78 is 33.2. The first-order valence-electron chi connectivity index (χ1n) is 9.09. The molecule has 5 N–H and O–H groups in total. The van der Waals surface area contributed by atoms with Gasteiger partial charge in [0.05, 0.1) is 27.7 Å². The minimum absolute atomic E-state index is 0.0832. The van der Waals surface area contributed by atoms with Crippen molar-refractivity contribution in [3.05, 3.63) is 46.4 Å². The van der Waals surface area contributed by atoms with Crippen LogP contribution in [0.1, 0.15) is 6.42 Å². The number of benzene rings is 2. The van der Waals surface area contributed by atoms with Crippen LogP contribution in [0.3, 0.4) is 0 Å². The lowest BCUT2D eigenvalue weighted by Crippen LogP contribution is -2.46. The van der Waals surface area contributed by atoms with E-state index < -0.39 is 28.0 Å². The number of urea groups is 1. The molecule has 0 aromatic heterocycles. The average Bonchev–Trinajstić information content (AvgIpc) is 2.72. The molecule has 0 spiro atoms. The quantitative estimate of drug-likeness (QED) is 0.377. The number of halogens is 2. The van der Waals surface area contributed by atoms with Gasteiger partial charge in [-0.05, 0) is 54.8 Å². The number of hydrogen-bond donors (Lipinski definition) is 4. The largest absolute Gasteiger partial charge is 0.495 e. The molecule has 2 aromatic carbocycles. The van der Waals surface area contributed by atoms with Crippen molar-refractivity contribution in [1.82, 2.24) is 5.32 Å². The van der Waals surface area contributed by atoms with Crippen molar-refractivity contribution < 1.29 is 22.7 Å². The van der Waals surface area contributed by atoms with Gasteiger partial charge in [0.25, 0.3) is 10.0 Å². The van der Waals surface area contributed by atoms with Gasteiger partial charge in [-0.15, -0.1) is 0 Å². The summed E-state index contributed by atoms with van der Waals surface area (Å²) in [6.07, 6.45) is 2.23. The standard InChI is InChI=1S/C19H22Cl2N4O5S2/c1-30-17-6-3-11(23-18(26)15(7-8-31-2)24-19(22)27)9-16(17)25-32(28,29)12-4-5-13(20)14(21)10-12/h3-6,9-10,15,25H,7-8H2,1-2H3,(H,23,26)(H3,22,24,27). The molecule has 1 unspecified atom stereocenters. The van der Waals surface area contributed by atoms with Crippen LogP contribution in [-0.4, -0.2) is 45.5 Å². The Morgan fingerprint density at radius 1 is 1.16 bits per heavy atom. The first kappa shape index (κ1) is 25.9. The Kier molecular flexibility index (Phi) is 9.32. The third kappa shape index (κ3) is 7.09. The van der Waals surface area contributed by atoms with Crippen molar-refractivity contribution >= 4 is 68.3 Å². The molecular formula is C19H22Cl2N4O5S2. The molecular weight excluding hydrogens is 499 g/mol. The van der Waals surface area contributed by atoms with Gasteiger partial charge in [0.2, 0.25) is 5.91 Å². The Labute approximate surface area is 200 Å². The lowest BCUT2D eigenvalue weighted by molar-refractivity contribution is -0.117. The van der Waals surface area contributed by atoms with Crippen LogP contribution < -0.4 is 25.8 Å². The maximum Gasteiger partial charge on any atom is 0.312 e. The lowest BCUT2D eigenvalue weighted by atomic mass is 10.2. The highest BCUT2D eigenvalue weighted by molar-refractivity contribution is 7.98. The van der Waals surface area contributed by atoms with Gasteiger partial charge in [-0.1, -0.05) is 23.2 Å². The van der Waals surface area contributed by atoms with Crippen molar-refractivity contribution in [2.24, 2.45) is 5.73 Å². The number of methoxy groups -OCH3 is 1. The zero-order valence-corrected chi connectivity index (χ0v) is 20.3. The van der Waals surface area contributed by atoms with E-state index in [0.717, 1.165) is 0 Å². The first-order chi connectivity index (χ1) is 15.1. The fourth-order valence-corrected chi connectivity index (χ4v) is 4.54. The first-order valence-corrected chi connectivity index (χ1v) is 12.7. The second-order valence-corrected chi connectivity index (χ2v) is 9.91. The normalized spacial score (nSPS) is 12.0. The van der Waals surface area contributed by atoms with Gasteiger partial charge < -0.3 is 21.1 Å². The maximum atomic E-state index is 12.8. The van der Waals surface area contributed by atoms with Crippen LogP contribution in [0.5, 0.6) is 5.75 Å². The van der Waals surface area contributed by atoms with E-state index in [1.807, 2.05) is 6.26 Å². The SMILES string of the molecule is COc1ccc(NC(=O)C(CCSC)NC(N)=O)cc1NS(=O)(=O)c1ccc(Cl)c(Cl)c1. The van der Waals surface area contributed by atoms with Crippen molar-refractivity contribution in [1.29, 1.82) is 0 Å². The number of ether oxygens (including phenoxy) is 1. The maximum absolute atomic E-state index is 12.8. The molecule has 2 aromatic rings. The molecule has 1 atom stereocenters. The number of carbonyl (C=O) groups excluding carboxylic acids is 2. The van der Waals surface area contributed by atoms with Gasteiger partial charge in [0.1, 0.15) is 11.8 Å². The van der Waals surface area contributed by atoms with E-state index in [-0.39, 0.29) is 32.1 Å². The number of sulfonamides is 1. The van der Waals surface area contributed by atoms with Crippen molar-refractivity contribution in [2.75, 3.05) is 29.2 Å². The zero-order chi connectivity index (χ0) is 23.9. The van der Waals surface area contributed by atoms with E-state index in [1.165, 1.54) is 55.3 Å². The molecule has 0 saturated heterocycles. The van der Waals surface area contributed by atoms with Gasteiger partial charge >= 0.3 is 6.03 Å². The molecule has 0 radical (unpaired) electrons. The lowest BCUT2D eigenvalue weighted by Gasteiger charge is -2.18.